The molecule has 1 amide bonds. The number of carbonyl (C=O) groups excluding carboxylic acids is 3. The van der Waals surface area contributed by atoms with Crippen molar-refractivity contribution in [2.75, 3.05) is 19.1 Å². The normalized spacial score (nSPS) is 17.2. The molecule has 1 aliphatic carbocycles. The van der Waals surface area contributed by atoms with E-state index >= 15 is 0 Å². The molecule has 0 spiro atoms. The van der Waals surface area contributed by atoms with Gasteiger partial charge < -0.3 is 20.5 Å². The van der Waals surface area contributed by atoms with Gasteiger partial charge >= 0.3 is 11.9 Å². The highest BCUT2D eigenvalue weighted by Gasteiger charge is 2.42. The van der Waals surface area contributed by atoms with Crippen LogP contribution in [0.1, 0.15) is 36.3 Å². The predicted molar refractivity (Wildman–Crippen MR) is 135 cm³/mol. The van der Waals surface area contributed by atoms with Crippen molar-refractivity contribution in [1.82, 2.24) is 5.32 Å². The SMILES string of the molecule is COC(=O)C1=C(C(=O)OC)N(c2ccc(CCC(=O)NC3CC3)cc2)C(N)=C(C#N)C1c1ccccc1. The van der Waals surface area contributed by atoms with Crippen LogP contribution in [-0.2, 0) is 30.3 Å². The average molecular weight is 501 g/mol. The summed E-state index contributed by atoms with van der Waals surface area (Å²) in [6.07, 6.45) is 2.96. The largest absolute Gasteiger partial charge is 0.466 e. The van der Waals surface area contributed by atoms with E-state index in [4.69, 9.17) is 15.2 Å². The van der Waals surface area contributed by atoms with Gasteiger partial charge in [0.15, 0.2) is 0 Å². The summed E-state index contributed by atoms with van der Waals surface area (Å²) >= 11 is 0. The Bertz CT molecular complexity index is 1300. The fourth-order valence-corrected chi connectivity index (χ4v) is 4.38. The molecule has 4 rings (SSSR count). The van der Waals surface area contributed by atoms with E-state index in [1.807, 2.05) is 12.1 Å². The third-order valence-corrected chi connectivity index (χ3v) is 6.39. The number of amides is 1. The summed E-state index contributed by atoms with van der Waals surface area (Å²) in [5.74, 6) is -2.49. The number of benzene rings is 2. The van der Waals surface area contributed by atoms with Gasteiger partial charge in [-0.25, -0.2) is 9.59 Å². The van der Waals surface area contributed by atoms with Gasteiger partial charge in [-0.2, -0.15) is 5.26 Å². The summed E-state index contributed by atoms with van der Waals surface area (Å²) in [7, 11) is 2.41. The number of carbonyl (C=O) groups is 3. The van der Waals surface area contributed by atoms with Crippen LogP contribution < -0.4 is 16.0 Å². The summed E-state index contributed by atoms with van der Waals surface area (Å²) in [6, 6.07) is 18.3. The van der Waals surface area contributed by atoms with Gasteiger partial charge in [0.2, 0.25) is 5.91 Å². The average Bonchev–Trinajstić information content (AvgIpc) is 3.75. The summed E-state index contributed by atoms with van der Waals surface area (Å²) in [4.78, 5) is 39.6. The molecule has 0 radical (unpaired) electrons. The van der Waals surface area contributed by atoms with Crippen molar-refractivity contribution < 1.29 is 23.9 Å². The topological polar surface area (TPSA) is 135 Å². The molecule has 2 aromatic carbocycles. The number of anilines is 1. The number of aryl methyl sites for hydroxylation is 1. The molecule has 9 heteroatoms. The van der Waals surface area contributed by atoms with Gasteiger partial charge in [-0.3, -0.25) is 9.69 Å². The molecule has 9 nitrogen and oxygen atoms in total. The zero-order valence-corrected chi connectivity index (χ0v) is 20.7. The Morgan fingerprint density at radius 1 is 1.03 bits per heavy atom. The molecule has 3 N–H and O–H groups in total. The molecule has 2 aromatic rings. The first-order valence-corrected chi connectivity index (χ1v) is 11.9. The second-order valence-corrected chi connectivity index (χ2v) is 8.84. The number of hydrogen-bond donors (Lipinski definition) is 2. The van der Waals surface area contributed by atoms with Crippen LogP contribution in [0.3, 0.4) is 0 Å². The van der Waals surface area contributed by atoms with Crippen LogP contribution in [0.15, 0.2) is 77.3 Å². The monoisotopic (exact) mass is 500 g/mol. The van der Waals surface area contributed by atoms with Crippen molar-refractivity contribution >= 4 is 23.5 Å². The van der Waals surface area contributed by atoms with Crippen molar-refractivity contribution in [2.45, 2.75) is 37.6 Å². The lowest BCUT2D eigenvalue weighted by Gasteiger charge is -2.35. The van der Waals surface area contributed by atoms with E-state index in [0.717, 1.165) is 18.4 Å². The van der Waals surface area contributed by atoms with Crippen LogP contribution in [0.4, 0.5) is 5.69 Å². The second-order valence-electron chi connectivity index (χ2n) is 8.84. The smallest absolute Gasteiger partial charge is 0.355 e. The highest BCUT2D eigenvalue weighted by molar-refractivity contribution is 6.06. The van der Waals surface area contributed by atoms with Crippen molar-refractivity contribution in [3.63, 3.8) is 0 Å². The molecule has 0 bridgehead atoms. The highest BCUT2D eigenvalue weighted by atomic mass is 16.5. The van der Waals surface area contributed by atoms with Crippen LogP contribution in [0.5, 0.6) is 0 Å². The number of nitrogens with two attached hydrogens (primary N) is 1. The van der Waals surface area contributed by atoms with Crippen molar-refractivity contribution in [3.05, 3.63) is 88.4 Å². The van der Waals surface area contributed by atoms with Crippen molar-refractivity contribution in [3.8, 4) is 6.07 Å². The van der Waals surface area contributed by atoms with E-state index in [9.17, 15) is 19.6 Å². The Balaban J connectivity index is 1.76. The molecule has 1 aliphatic heterocycles. The number of nitrogens with one attached hydrogen (secondary N) is 1. The maximum absolute atomic E-state index is 13.1. The number of ether oxygens (including phenoxy) is 2. The second kappa shape index (κ2) is 11.0. The molecular weight excluding hydrogens is 472 g/mol. The quantitative estimate of drug-likeness (QED) is 0.529. The van der Waals surface area contributed by atoms with E-state index in [2.05, 4.69) is 11.4 Å². The minimum Gasteiger partial charge on any atom is -0.466 e. The standard InChI is InChI=1S/C28H28N4O5/c1-36-27(34)24-23(18-6-4-3-5-7-18)21(16-29)26(30)32(25(24)28(35)37-2)20-13-8-17(9-14-20)10-15-22(33)31-19-11-12-19/h3-9,13-14,19,23H,10-12,15,30H2,1-2H3,(H,31,33). The molecule has 1 unspecified atom stereocenters. The Morgan fingerprint density at radius 2 is 1.68 bits per heavy atom. The van der Waals surface area contributed by atoms with E-state index < -0.39 is 17.9 Å². The maximum atomic E-state index is 13.1. The van der Waals surface area contributed by atoms with Crippen molar-refractivity contribution in [2.24, 2.45) is 5.73 Å². The van der Waals surface area contributed by atoms with Gasteiger partial charge in [0, 0.05) is 18.2 Å². The van der Waals surface area contributed by atoms with Gasteiger partial charge in [-0.05, 0) is 42.5 Å². The molecule has 1 fully saturated rings. The Labute approximate surface area is 215 Å². The minimum atomic E-state index is -0.923. The number of hydrogen-bond acceptors (Lipinski definition) is 8. The first-order chi connectivity index (χ1) is 17.9. The number of esters is 2. The van der Waals surface area contributed by atoms with E-state index in [1.54, 1.807) is 42.5 Å². The Morgan fingerprint density at radius 3 is 2.24 bits per heavy atom. The Kier molecular flexibility index (Phi) is 7.58. The molecule has 2 aliphatic rings. The van der Waals surface area contributed by atoms with Gasteiger partial charge in [-0.1, -0.05) is 42.5 Å². The van der Waals surface area contributed by atoms with Gasteiger partial charge in [-0.15, -0.1) is 0 Å². The molecule has 190 valence electrons. The number of allylic oxidation sites excluding steroid dienone is 1. The number of rotatable bonds is 8. The molecule has 0 aromatic heterocycles. The lowest BCUT2D eigenvalue weighted by molar-refractivity contribution is -0.139. The molecule has 1 saturated carbocycles. The van der Waals surface area contributed by atoms with Crippen LogP contribution in [0.25, 0.3) is 0 Å². The van der Waals surface area contributed by atoms with Gasteiger partial charge in [0.1, 0.15) is 11.5 Å². The first-order valence-electron chi connectivity index (χ1n) is 11.9. The van der Waals surface area contributed by atoms with Crippen molar-refractivity contribution in [1.29, 1.82) is 5.26 Å². The summed E-state index contributed by atoms with van der Waals surface area (Å²) in [6.45, 7) is 0. The summed E-state index contributed by atoms with van der Waals surface area (Å²) in [5, 5.41) is 13.1. The Hall–Kier alpha value is -4.58. The summed E-state index contributed by atoms with van der Waals surface area (Å²) in [5.41, 5.74) is 8.38. The van der Waals surface area contributed by atoms with Crippen LogP contribution in [-0.4, -0.2) is 38.1 Å². The van der Waals surface area contributed by atoms with Gasteiger partial charge in [0.05, 0.1) is 37.4 Å². The number of nitrogens with zero attached hydrogens (tertiary/aromatic N) is 2. The lowest BCUT2D eigenvalue weighted by atomic mass is 9.81. The highest BCUT2D eigenvalue weighted by Crippen LogP contribution is 2.43. The molecule has 1 heterocycles. The molecule has 0 saturated heterocycles. The molecule has 37 heavy (non-hydrogen) atoms. The third-order valence-electron chi connectivity index (χ3n) is 6.39. The van der Waals surface area contributed by atoms with E-state index in [1.165, 1.54) is 19.1 Å². The van der Waals surface area contributed by atoms with Crippen LogP contribution in [0, 0.1) is 11.3 Å². The lowest BCUT2D eigenvalue weighted by Crippen LogP contribution is -2.40. The van der Waals surface area contributed by atoms with Crippen LogP contribution in [0.2, 0.25) is 0 Å². The van der Waals surface area contributed by atoms with Crippen LogP contribution >= 0.6 is 0 Å². The minimum absolute atomic E-state index is 0.000896. The summed E-state index contributed by atoms with van der Waals surface area (Å²) < 4.78 is 10.1. The van der Waals surface area contributed by atoms with E-state index in [-0.39, 0.29) is 28.6 Å². The molecular formula is C28H28N4O5. The third kappa shape index (κ3) is 5.33. The van der Waals surface area contributed by atoms with Gasteiger partial charge in [0.25, 0.3) is 0 Å². The predicted octanol–water partition coefficient (Wildman–Crippen LogP) is 2.80. The first kappa shape index (κ1) is 25.5. The molecule has 1 atom stereocenters. The zero-order valence-electron chi connectivity index (χ0n) is 20.7. The number of methoxy groups -OCH3 is 2. The fraction of sp³-hybridized carbons (Fsp3) is 0.286. The zero-order chi connectivity index (χ0) is 26.5. The van der Waals surface area contributed by atoms with E-state index in [0.29, 0.717) is 30.1 Å². The fourth-order valence-electron chi connectivity index (χ4n) is 4.38. The number of nitriles is 1. The maximum Gasteiger partial charge on any atom is 0.355 e.